The second kappa shape index (κ2) is 6.48. The van der Waals surface area contributed by atoms with Crippen molar-refractivity contribution in [2.24, 2.45) is 0 Å². The number of H-pyrrole nitrogens is 1. The minimum atomic E-state index is -2.47. The molecule has 24 heavy (non-hydrogen) atoms. The number of hydrogen-bond donors (Lipinski definition) is 2. The number of nitrogens with one attached hydrogen (secondary N) is 1. The summed E-state index contributed by atoms with van der Waals surface area (Å²) in [5, 5.41) is 10.5. The van der Waals surface area contributed by atoms with Gasteiger partial charge in [-0.15, -0.1) is 0 Å². The fourth-order valence-corrected chi connectivity index (χ4v) is 2.59. The van der Waals surface area contributed by atoms with Crippen LogP contribution in [0.3, 0.4) is 0 Å². The maximum atomic E-state index is 15.2. The lowest BCUT2D eigenvalue weighted by atomic mass is 9.84. The monoisotopic (exact) mass is 344 g/mol. The van der Waals surface area contributed by atoms with E-state index in [1.54, 1.807) is 6.92 Å². The third-order valence-electron chi connectivity index (χ3n) is 4.35. The zero-order valence-corrected chi connectivity index (χ0v) is 13.7. The number of nitrogens with zero attached hydrogens (tertiary/aromatic N) is 1. The minimum Gasteiger partial charge on any atom is -0.463 e. The molecule has 0 aliphatic carbocycles. The summed E-state index contributed by atoms with van der Waals surface area (Å²) in [4.78, 5) is 37.5. The number of esters is 1. The number of carbonyl (C=O) groups is 1. The van der Waals surface area contributed by atoms with Crippen molar-refractivity contribution in [2.45, 2.75) is 57.2 Å². The van der Waals surface area contributed by atoms with Crippen LogP contribution in [0.5, 0.6) is 0 Å². The second-order valence-electron chi connectivity index (χ2n) is 6.12. The van der Waals surface area contributed by atoms with E-state index in [2.05, 4.69) is 4.98 Å². The van der Waals surface area contributed by atoms with E-state index in [9.17, 15) is 19.5 Å². The summed E-state index contributed by atoms with van der Waals surface area (Å²) in [6.45, 7) is 3.62. The van der Waals surface area contributed by atoms with Gasteiger partial charge in [-0.3, -0.25) is 9.59 Å². The van der Waals surface area contributed by atoms with Crippen molar-refractivity contribution < 1.29 is 23.8 Å². The van der Waals surface area contributed by atoms with Crippen molar-refractivity contribution >= 4 is 5.97 Å². The summed E-state index contributed by atoms with van der Waals surface area (Å²) >= 11 is 0. The third kappa shape index (κ3) is 3.01. The molecule has 0 saturated carbocycles. The van der Waals surface area contributed by atoms with Gasteiger partial charge in [0.15, 0.2) is 11.9 Å². The molecule has 4 atom stereocenters. The Morgan fingerprint density at radius 2 is 2.17 bits per heavy atom. The number of alkyl halides is 1. The van der Waals surface area contributed by atoms with Crippen molar-refractivity contribution in [3.05, 3.63) is 33.1 Å². The fourth-order valence-electron chi connectivity index (χ4n) is 2.59. The average molecular weight is 344 g/mol. The normalized spacial score (nSPS) is 32.7. The molecule has 1 saturated heterocycles. The zero-order valence-electron chi connectivity index (χ0n) is 13.7. The summed E-state index contributed by atoms with van der Waals surface area (Å²) in [7, 11) is 0. The predicted octanol–water partition coefficient (Wildman–Crippen LogP) is 0.256. The maximum absolute atomic E-state index is 15.2. The molecule has 0 spiro atoms. The highest BCUT2D eigenvalue weighted by Crippen LogP contribution is 2.47. The second-order valence-corrected chi connectivity index (χ2v) is 6.12. The Hall–Kier alpha value is -2.00. The summed E-state index contributed by atoms with van der Waals surface area (Å²) in [6, 6.07) is 1.05. The van der Waals surface area contributed by atoms with Gasteiger partial charge in [0, 0.05) is 18.7 Å². The topological polar surface area (TPSA) is 111 Å². The van der Waals surface area contributed by atoms with Gasteiger partial charge in [0.25, 0.3) is 5.56 Å². The molecule has 1 aliphatic heterocycles. The lowest BCUT2D eigenvalue weighted by Gasteiger charge is -2.32. The van der Waals surface area contributed by atoms with Crippen LogP contribution in [-0.2, 0) is 14.3 Å². The number of aromatic amines is 1. The Bertz CT molecular complexity index is 695. The van der Waals surface area contributed by atoms with Crippen LogP contribution in [0.15, 0.2) is 21.9 Å². The molecule has 0 bridgehead atoms. The number of halogens is 1. The van der Waals surface area contributed by atoms with E-state index in [0.717, 1.165) is 19.2 Å². The Balaban J connectivity index is 2.31. The number of hydrogen-bond acceptors (Lipinski definition) is 6. The smallest absolute Gasteiger partial charge is 0.330 e. The van der Waals surface area contributed by atoms with Crippen LogP contribution in [-0.4, -0.2) is 44.6 Å². The molecule has 1 aliphatic rings. The van der Waals surface area contributed by atoms with Crippen molar-refractivity contribution in [3.63, 3.8) is 0 Å². The first-order chi connectivity index (χ1) is 11.1. The Kier molecular flexibility index (Phi) is 4.95. The maximum Gasteiger partial charge on any atom is 0.330 e. The van der Waals surface area contributed by atoms with Gasteiger partial charge < -0.3 is 19.6 Å². The van der Waals surface area contributed by atoms with E-state index < -0.39 is 40.8 Å². The predicted molar refractivity (Wildman–Crippen MR) is 81.2 cm³/mol. The zero-order chi connectivity index (χ0) is 18.1. The van der Waals surface area contributed by atoms with Crippen LogP contribution in [0.25, 0.3) is 0 Å². The van der Waals surface area contributed by atoms with E-state index in [1.165, 1.54) is 6.92 Å². The van der Waals surface area contributed by atoms with Crippen molar-refractivity contribution in [1.29, 1.82) is 0 Å². The molecule has 1 fully saturated rings. The van der Waals surface area contributed by atoms with Crippen molar-refractivity contribution in [2.75, 3.05) is 6.61 Å². The Morgan fingerprint density at radius 3 is 2.75 bits per heavy atom. The Labute approximate surface area is 137 Å². The third-order valence-corrected chi connectivity index (χ3v) is 4.35. The highest BCUT2D eigenvalue weighted by Gasteiger charge is 2.63. The summed E-state index contributed by atoms with van der Waals surface area (Å²) < 4.78 is 26.1. The number of carbonyl (C=O) groups excluding carboxylic acids is 1. The molecule has 2 rings (SSSR count). The van der Waals surface area contributed by atoms with E-state index in [4.69, 9.17) is 9.47 Å². The number of ether oxygens (including phenoxy) is 2. The molecule has 8 nitrogen and oxygen atoms in total. The fraction of sp³-hybridized carbons (Fsp3) is 0.667. The lowest BCUT2D eigenvalue weighted by Crippen LogP contribution is -2.54. The van der Waals surface area contributed by atoms with Crippen LogP contribution < -0.4 is 11.2 Å². The highest BCUT2D eigenvalue weighted by molar-refractivity contribution is 5.69. The molecule has 1 aromatic rings. The summed E-state index contributed by atoms with van der Waals surface area (Å²) in [5.74, 6) is -0.504. The van der Waals surface area contributed by atoms with Crippen molar-refractivity contribution in [1.82, 2.24) is 9.55 Å². The summed E-state index contributed by atoms with van der Waals surface area (Å²) in [6.07, 6.45) is -0.986. The molecule has 2 heterocycles. The number of aliphatic hydroxyl groups is 1. The quantitative estimate of drug-likeness (QED) is 0.741. The van der Waals surface area contributed by atoms with Gasteiger partial charge in [0.2, 0.25) is 0 Å². The molecular weight excluding hydrogens is 323 g/mol. The van der Waals surface area contributed by atoms with Gasteiger partial charge >= 0.3 is 11.7 Å². The van der Waals surface area contributed by atoms with E-state index in [1.807, 2.05) is 0 Å². The van der Waals surface area contributed by atoms with E-state index >= 15 is 4.39 Å². The van der Waals surface area contributed by atoms with Crippen LogP contribution in [0.2, 0.25) is 0 Å². The highest BCUT2D eigenvalue weighted by atomic mass is 19.1. The largest absolute Gasteiger partial charge is 0.463 e. The standard InChI is InChI=1S/C15H21FN2O6/c1-4-5-11(20)23-8-9-15(3,22)14(2,16)12(24-9)18-10(19)6-7-17-13(18)21/h6-7,9,12,22H,4-5,8H2,1-3H3,(H,17,21)/t9-,12+,14+,15-/m1/s1. The minimum absolute atomic E-state index is 0.184. The van der Waals surface area contributed by atoms with Gasteiger partial charge in [-0.1, -0.05) is 6.92 Å². The molecule has 1 aromatic heterocycles. The number of aromatic nitrogens is 2. The van der Waals surface area contributed by atoms with Gasteiger partial charge in [-0.05, 0) is 20.3 Å². The molecule has 0 radical (unpaired) electrons. The first kappa shape index (κ1) is 18.3. The molecule has 2 N–H and O–H groups in total. The first-order valence-electron chi connectivity index (χ1n) is 7.65. The van der Waals surface area contributed by atoms with Crippen molar-refractivity contribution in [3.8, 4) is 0 Å². The van der Waals surface area contributed by atoms with Crippen LogP contribution in [0.4, 0.5) is 4.39 Å². The molecule has 0 aromatic carbocycles. The Morgan fingerprint density at radius 1 is 1.50 bits per heavy atom. The molecule has 9 heteroatoms. The molecule has 0 amide bonds. The van der Waals surface area contributed by atoms with Gasteiger partial charge in [-0.2, -0.15) is 0 Å². The molecule has 134 valence electrons. The SMILES string of the molecule is CCCC(=O)OC[C@H]1O[C@H](n2c(=O)cc[nH]c2=O)[C@](C)(F)[C@]1(C)O. The van der Waals surface area contributed by atoms with Gasteiger partial charge in [-0.25, -0.2) is 13.8 Å². The van der Waals surface area contributed by atoms with Crippen LogP contribution >= 0.6 is 0 Å². The first-order valence-corrected chi connectivity index (χ1v) is 7.65. The molecule has 0 unspecified atom stereocenters. The average Bonchev–Trinajstić information content (AvgIpc) is 2.65. The van der Waals surface area contributed by atoms with Gasteiger partial charge in [0.1, 0.15) is 18.3 Å². The van der Waals surface area contributed by atoms with E-state index in [-0.39, 0.29) is 13.0 Å². The molecular formula is C15H21FN2O6. The van der Waals surface area contributed by atoms with Crippen LogP contribution in [0, 0.1) is 0 Å². The van der Waals surface area contributed by atoms with Crippen LogP contribution in [0.1, 0.15) is 39.8 Å². The van der Waals surface area contributed by atoms with E-state index in [0.29, 0.717) is 11.0 Å². The van der Waals surface area contributed by atoms with Gasteiger partial charge in [0.05, 0.1) is 0 Å². The summed E-state index contributed by atoms with van der Waals surface area (Å²) in [5.41, 5.74) is -6.18. The number of rotatable bonds is 5. The lowest BCUT2D eigenvalue weighted by molar-refractivity contribution is -0.153.